The summed E-state index contributed by atoms with van der Waals surface area (Å²) in [4.78, 5) is 10.9. The summed E-state index contributed by atoms with van der Waals surface area (Å²) in [7, 11) is 0. The fraction of sp³-hybridized carbons (Fsp3) is 0.625. The van der Waals surface area contributed by atoms with Gasteiger partial charge in [-0.25, -0.2) is 0 Å². The normalized spacial score (nSPS) is 30.1. The third-order valence-electron chi connectivity index (χ3n) is 1.60. The van der Waals surface area contributed by atoms with Crippen LogP contribution >= 0.6 is 0 Å². The molecule has 0 saturated heterocycles. The van der Waals surface area contributed by atoms with Crippen molar-refractivity contribution in [1.29, 1.82) is 0 Å². The van der Waals surface area contributed by atoms with Crippen LogP contribution in [0.2, 0.25) is 0 Å². The molecular weight excluding hydrogens is 126 g/mol. The van der Waals surface area contributed by atoms with Crippen LogP contribution in [0.4, 0.5) is 0 Å². The second-order valence-corrected chi connectivity index (χ2v) is 2.71. The highest BCUT2D eigenvalue weighted by Crippen LogP contribution is 2.01. The smallest absolute Gasteiger partial charge is 0.220 e. The van der Waals surface area contributed by atoms with Crippen molar-refractivity contribution < 1.29 is 4.79 Å². The molecule has 0 aromatic heterocycles. The van der Waals surface area contributed by atoms with Gasteiger partial charge in [-0.15, -0.1) is 0 Å². The molecule has 1 amide bonds. The lowest BCUT2D eigenvalue weighted by atomic mass is 10.1. The maximum absolute atomic E-state index is 10.9. The van der Waals surface area contributed by atoms with Gasteiger partial charge in [0.1, 0.15) is 0 Å². The molecule has 56 valence electrons. The zero-order valence-corrected chi connectivity index (χ0v) is 6.26. The number of amides is 1. The number of carbonyl (C=O) groups is 1. The van der Waals surface area contributed by atoms with Crippen LogP contribution in [0.5, 0.6) is 0 Å². The van der Waals surface area contributed by atoms with E-state index in [0.29, 0.717) is 12.5 Å². The van der Waals surface area contributed by atoms with Gasteiger partial charge in [0.2, 0.25) is 5.91 Å². The molecule has 0 aliphatic carbocycles. The maximum Gasteiger partial charge on any atom is 0.220 e. The molecule has 1 heterocycles. The lowest BCUT2D eigenvalue weighted by molar-refractivity contribution is -0.121. The predicted molar refractivity (Wildman–Crippen MR) is 40.6 cm³/mol. The van der Waals surface area contributed by atoms with E-state index in [0.717, 1.165) is 12.8 Å². The first-order valence-electron chi connectivity index (χ1n) is 3.73. The quantitative estimate of drug-likeness (QED) is 0.502. The van der Waals surface area contributed by atoms with E-state index in [4.69, 9.17) is 0 Å². The second kappa shape index (κ2) is 3.40. The molecule has 2 heteroatoms. The Labute approximate surface area is 61.3 Å². The summed E-state index contributed by atoms with van der Waals surface area (Å²) >= 11 is 0. The minimum absolute atomic E-state index is 0.178. The van der Waals surface area contributed by atoms with Gasteiger partial charge in [-0.2, -0.15) is 0 Å². The van der Waals surface area contributed by atoms with Crippen molar-refractivity contribution in [3.63, 3.8) is 0 Å². The zero-order chi connectivity index (χ0) is 7.40. The largest absolute Gasteiger partial charge is 0.353 e. The first-order chi connectivity index (χ1) is 4.79. The molecule has 0 spiro atoms. The van der Waals surface area contributed by atoms with Crippen LogP contribution in [0.1, 0.15) is 26.2 Å². The predicted octanol–water partition coefficient (Wildman–Crippen LogP) is 1.23. The van der Waals surface area contributed by atoms with E-state index in [9.17, 15) is 4.79 Å². The van der Waals surface area contributed by atoms with E-state index in [1.807, 2.05) is 6.92 Å². The van der Waals surface area contributed by atoms with Crippen molar-refractivity contribution in [2.45, 2.75) is 32.2 Å². The van der Waals surface area contributed by atoms with Gasteiger partial charge in [-0.05, 0) is 19.8 Å². The summed E-state index contributed by atoms with van der Waals surface area (Å²) in [5.41, 5.74) is 0. The lowest BCUT2D eigenvalue weighted by Gasteiger charge is -2.13. The summed E-state index contributed by atoms with van der Waals surface area (Å²) < 4.78 is 0. The highest BCUT2D eigenvalue weighted by molar-refractivity contribution is 5.76. The van der Waals surface area contributed by atoms with Crippen LogP contribution in [-0.2, 0) is 4.79 Å². The molecule has 0 bridgehead atoms. The number of carbonyl (C=O) groups excluding carboxylic acids is 1. The van der Waals surface area contributed by atoms with Crippen LogP contribution in [0, 0.1) is 0 Å². The summed E-state index contributed by atoms with van der Waals surface area (Å²) in [6.45, 7) is 2.02. The first-order valence-corrected chi connectivity index (χ1v) is 3.73. The maximum atomic E-state index is 10.9. The Morgan fingerprint density at radius 2 is 2.40 bits per heavy atom. The van der Waals surface area contributed by atoms with E-state index in [1.165, 1.54) is 0 Å². The van der Waals surface area contributed by atoms with Crippen LogP contribution in [0.25, 0.3) is 0 Å². The van der Waals surface area contributed by atoms with Gasteiger partial charge in [-0.3, -0.25) is 4.79 Å². The monoisotopic (exact) mass is 139 g/mol. The van der Waals surface area contributed by atoms with Crippen LogP contribution in [-0.4, -0.2) is 11.9 Å². The Hall–Kier alpha value is -0.790. The molecule has 0 aromatic rings. The molecule has 1 atom stereocenters. The molecule has 0 fully saturated rings. The van der Waals surface area contributed by atoms with E-state index < -0.39 is 0 Å². The standard InChI is InChI=1S/C8H13NO/c1-7-5-3-2-4-6-8(10)9-7/h2-3,7H,4-6H2,1H3,(H,9,10)/b3-2-/t7-/m1/s1. The molecule has 0 aromatic carbocycles. The van der Waals surface area contributed by atoms with E-state index in [2.05, 4.69) is 17.5 Å². The number of hydrogen-bond donors (Lipinski definition) is 1. The van der Waals surface area contributed by atoms with Gasteiger partial charge in [0.25, 0.3) is 0 Å². The molecule has 10 heavy (non-hydrogen) atoms. The van der Waals surface area contributed by atoms with Gasteiger partial charge in [0, 0.05) is 12.5 Å². The van der Waals surface area contributed by atoms with E-state index in [-0.39, 0.29) is 5.91 Å². The van der Waals surface area contributed by atoms with Crippen molar-refractivity contribution in [2.24, 2.45) is 0 Å². The van der Waals surface area contributed by atoms with Gasteiger partial charge in [0.05, 0.1) is 0 Å². The minimum atomic E-state index is 0.178. The molecule has 0 unspecified atom stereocenters. The SMILES string of the molecule is C[C@@H]1C/C=C\CCC(=O)N1. The van der Waals surface area contributed by atoms with E-state index in [1.54, 1.807) is 0 Å². The molecule has 2 nitrogen and oxygen atoms in total. The summed E-state index contributed by atoms with van der Waals surface area (Å²) in [6.07, 6.45) is 6.70. The Bertz CT molecular complexity index is 151. The summed E-state index contributed by atoms with van der Waals surface area (Å²) in [5, 5.41) is 2.89. The molecule has 1 rings (SSSR count). The topological polar surface area (TPSA) is 29.1 Å². The van der Waals surface area contributed by atoms with Gasteiger partial charge in [-0.1, -0.05) is 12.2 Å². The number of allylic oxidation sites excluding steroid dienone is 1. The van der Waals surface area contributed by atoms with Gasteiger partial charge >= 0.3 is 0 Å². The Morgan fingerprint density at radius 3 is 3.20 bits per heavy atom. The van der Waals surface area contributed by atoms with E-state index >= 15 is 0 Å². The fourth-order valence-electron chi connectivity index (χ4n) is 1.04. The molecule has 0 saturated carbocycles. The fourth-order valence-corrected chi connectivity index (χ4v) is 1.04. The van der Waals surface area contributed by atoms with Crippen molar-refractivity contribution in [2.75, 3.05) is 0 Å². The Kier molecular flexibility index (Phi) is 2.49. The van der Waals surface area contributed by atoms with Crippen molar-refractivity contribution in [1.82, 2.24) is 5.32 Å². The van der Waals surface area contributed by atoms with Gasteiger partial charge < -0.3 is 5.32 Å². The highest BCUT2D eigenvalue weighted by atomic mass is 16.1. The zero-order valence-electron chi connectivity index (χ0n) is 6.26. The second-order valence-electron chi connectivity index (χ2n) is 2.71. The lowest BCUT2D eigenvalue weighted by Crippen LogP contribution is -2.32. The highest BCUT2D eigenvalue weighted by Gasteiger charge is 2.06. The van der Waals surface area contributed by atoms with Gasteiger partial charge in [0.15, 0.2) is 0 Å². The van der Waals surface area contributed by atoms with Crippen LogP contribution in [0.3, 0.4) is 0 Å². The first kappa shape index (κ1) is 7.32. The third kappa shape index (κ3) is 2.21. The Morgan fingerprint density at radius 1 is 1.60 bits per heavy atom. The summed E-state index contributed by atoms with van der Waals surface area (Å²) in [5.74, 6) is 0.178. The molecule has 1 aliphatic rings. The molecule has 0 radical (unpaired) electrons. The van der Waals surface area contributed by atoms with Crippen molar-refractivity contribution in [3.05, 3.63) is 12.2 Å². The molecular formula is C8H13NO. The van der Waals surface area contributed by atoms with Crippen molar-refractivity contribution >= 4 is 5.91 Å². The number of nitrogens with one attached hydrogen (secondary N) is 1. The average Bonchev–Trinajstić information content (AvgIpc) is 1.83. The van der Waals surface area contributed by atoms with Crippen LogP contribution in [0.15, 0.2) is 12.2 Å². The molecule has 1 aliphatic heterocycles. The summed E-state index contributed by atoms with van der Waals surface area (Å²) in [6, 6.07) is 0.309. The molecule has 1 N–H and O–H groups in total. The average molecular weight is 139 g/mol. The third-order valence-corrected chi connectivity index (χ3v) is 1.60. The Balaban J connectivity index is 2.46. The minimum Gasteiger partial charge on any atom is -0.353 e. The van der Waals surface area contributed by atoms with Crippen molar-refractivity contribution in [3.8, 4) is 0 Å². The number of hydrogen-bond acceptors (Lipinski definition) is 1. The van der Waals surface area contributed by atoms with Crippen LogP contribution < -0.4 is 5.32 Å². The number of rotatable bonds is 0.